The number of nitrogens with zero attached hydrogens (tertiary/aromatic N) is 2. The molecule has 156 valence electrons. The van der Waals surface area contributed by atoms with E-state index in [0.717, 1.165) is 5.56 Å². The SMILES string of the molecule is O=C(Nc1ccc(S(=O)(=O)N2CCOCC2)cc1)c1cc(-c2ccc(Cl)cc2)on1. The zero-order chi connectivity index (χ0) is 21.1. The van der Waals surface area contributed by atoms with Crippen LogP contribution < -0.4 is 5.32 Å². The predicted molar refractivity (Wildman–Crippen MR) is 111 cm³/mol. The van der Waals surface area contributed by atoms with Crippen LogP contribution in [0.3, 0.4) is 0 Å². The summed E-state index contributed by atoms with van der Waals surface area (Å²) in [5.74, 6) is -0.0356. The van der Waals surface area contributed by atoms with E-state index in [0.29, 0.717) is 42.8 Å². The van der Waals surface area contributed by atoms with Crippen molar-refractivity contribution >= 4 is 33.2 Å². The Balaban J connectivity index is 1.44. The number of nitrogens with one attached hydrogen (secondary N) is 1. The first-order valence-electron chi connectivity index (χ1n) is 9.15. The Morgan fingerprint density at radius 2 is 1.70 bits per heavy atom. The molecule has 0 saturated carbocycles. The van der Waals surface area contributed by atoms with Gasteiger partial charge in [0.15, 0.2) is 11.5 Å². The van der Waals surface area contributed by atoms with Crippen LogP contribution in [-0.2, 0) is 14.8 Å². The third kappa shape index (κ3) is 4.39. The van der Waals surface area contributed by atoms with Gasteiger partial charge in [0.05, 0.1) is 18.1 Å². The van der Waals surface area contributed by atoms with Crippen molar-refractivity contribution in [3.63, 3.8) is 0 Å². The molecule has 30 heavy (non-hydrogen) atoms. The van der Waals surface area contributed by atoms with E-state index in [-0.39, 0.29) is 10.6 Å². The minimum absolute atomic E-state index is 0.102. The number of sulfonamides is 1. The van der Waals surface area contributed by atoms with Crippen molar-refractivity contribution in [3.8, 4) is 11.3 Å². The molecular weight excluding hydrogens is 430 g/mol. The Hall–Kier alpha value is -2.72. The van der Waals surface area contributed by atoms with E-state index in [9.17, 15) is 13.2 Å². The fourth-order valence-electron chi connectivity index (χ4n) is 2.97. The standard InChI is InChI=1S/C20H18ClN3O5S/c21-15-3-1-14(2-4-15)19-13-18(23-29-19)20(25)22-16-5-7-17(8-6-16)30(26,27)24-9-11-28-12-10-24/h1-8,13H,9-12H2,(H,22,25). The molecule has 1 aliphatic heterocycles. The van der Waals surface area contributed by atoms with E-state index in [1.807, 2.05) is 0 Å². The van der Waals surface area contributed by atoms with E-state index < -0.39 is 15.9 Å². The number of rotatable bonds is 5. The number of hydrogen-bond donors (Lipinski definition) is 1. The quantitative estimate of drug-likeness (QED) is 0.644. The number of anilines is 1. The van der Waals surface area contributed by atoms with Crippen molar-refractivity contribution < 1.29 is 22.5 Å². The maximum atomic E-state index is 12.7. The van der Waals surface area contributed by atoms with E-state index in [4.69, 9.17) is 20.9 Å². The van der Waals surface area contributed by atoms with Gasteiger partial charge in [-0.15, -0.1) is 0 Å². The molecule has 3 aromatic rings. The Kier molecular flexibility index (Phi) is 5.87. The fourth-order valence-corrected chi connectivity index (χ4v) is 4.51. The van der Waals surface area contributed by atoms with Crippen LogP contribution in [0.15, 0.2) is 64.0 Å². The van der Waals surface area contributed by atoms with E-state index in [2.05, 4.69) is 10.5 Å². The first kappa shape index (κ1) is 20.5. The molecule has 2 heterocycles. The van der Waals surface area contributed by atoms with Gasteiger partial charge in [0, 0.05) is 35.4 Å². The molecular formula is C20H18ClN3O5S. The number of halogens is 1. The summed E-state index contributed by atoms with van der Waals surface area (Å²) >= 11 is 5.87. The molecule has 0 radical (unpaired) electrons. The Morgan fingerprint density at radius 3 is 2.37 bits per heavy atom. The van der Waals surface area contributed by atoms with E-state index in [1.54, 1.807) is 24.3 Å². The summed E-state index contributed by atoms with van der Waals surface area (Å²) in [5.41, 5.74) is 1.28. The molecule has 0 unspecified atom stereocenters. The number of aromatic nitrogens is 1. The first-order valence-corrected chi connectivity index (χ1v) is 11.0. The van der Waals surface area contributed by atoms with Crippen molar-refractivity contribution in [3.05, 3.63) is 65.3 Å². The molecule has 1 aromatic heterocycles. The van der Waals surface area contributed by atoms with Crippen LogP contribution >= 0.6 is 11.6 Å². The molecule has 0 spiro atoms. The highest BCUT2D eigenvalue weighted by molar-refractivity contribution is 7.89. The highest BCUT2D eigenvalue weighted by atomic mass is 35.5. The molecule has 1 aliphatic rings. The number of benzene rings is 2. The molecule has 2 aromatic carbocycles. The number of morpholine rings is 1. The van der Waals surface area contributed by atoms with Crippen LogP contribution in [-0.4, -0.2) is 50.1 Å². The third-order valence-electron chi connectivity index (χ3n) is 4.59. The third-order valence-corrected chi connectivity index (χ3v) is 6.76. The number of carbonyl (C=O) groups excluding carboxylic acids is 1. The molecule has 8 nitrogen and oxygen atoms in total. The van der Waals surface area contributed by atoms with Crippen LogP contribution in [0.4, 0.5) is 5.69 Å². The lowest BCUT2D eigenvalue weighted by Crippen LogP contribution is -2.40. The van der Waals surface area contributed by atoms with Gasteiger partial charge < -0.3 is 14.6 Å². The topological polar surface area (TPSA) is 102 Å². The van der Waals surface area contributed by atoms with Gasteiger partial charge in [0.25, 0.3) is 5.91 Å². The summed E-state index contributed by atoms with van der Waals surface area (Å²) in [7, 11) is -3.59. The van der Waals surface area contributed by atoms with Crippen molar-refractivity contribution in [1.29, 1.82) is 0 Å². The largest absolute Gasteiger partial charge is 0.379 e. The van der Waals surface area contributed by atoms with Crippen LogP contribution in [0.1, 0.15) is 10.5 Å². The number of ether oxygens (including phenoxy) is 1. The molecule has 0 aliphatic carbocycles. The predicted octanol–water partition coefficient (Wildman–Crippen LogP) is 3.27. The van der Waals surface area contributed by atoms with Crippen molar-refractivity contribution in [2.75, 3.05) is 31.6 Å². The summed E-state index contributed by atoms with van der Waals surface area (Å²) in [6.07, 6.45) is 0. The van der Waals surface area contributed by atoms with Gasteiger partial charge in [-0.1, -0.05) is 16.8 Å². The van der Waals surface area contributed by atoms with Gasteiger partial charge in [-0.05, 0) is 48.5 Å². The van der Waals surface area contributed by atoms with E-state index in [1.165, 1.54) is 34.6 Å². The number of amides is 1. The molecule has 4 rings (SSSR count). The molecule has 0 bridgehead atoms. The van der Waals surface area contributed by atoms with Gasteiger partial charge in [-0.25, -0.2) is 8.42 Å². The highest BCUT2D eigenvalue weighted by Gasteiger charge is 2.26. The maximum Gasteiger partial charge on any atom is 0.277 e. The summed E-state index contributed by atoms with van der Waals surface area (Å²) in [6, 6.07) is 14.5. The molecule has 1 saturated heterocycles. The lowest BCUT2D eigenvalue weighted by Gasteiger charge is -2.26. The number of hydrogen-bond acceptors (Lipinski definition) is 6. The van der Waals surface area contributed by atoms with Gasteiger partial charge in [-0.3, -0.25) is 4.79 Å². The van der Waals surface area contributed by atoms with Gasteiger partial charge in [-0.2, -0.15) is 4.31 Å². The van der Waals surface area contributed by atoms with Crippen LogP contribution in [0.2, 0.25) is 5.02 Å². The Bertz CT molecular complexity index is 1140. The minimum Gasteiger partial charge on any atom is -0.379 e. The molecule has 1 N–H and O–H groups in total. The van der Waals surface area contributed by atoms with Gasteiger partial charge in [0.2, 0.25) is 10.0 Å². The molecule has 0 atom stereocenters. The second-order valence-electron chi connectivity index (χ2n) is 6.58. The second kappa shape index (κ2) is 8.57. The average molecular weight is 448 g/mol. The normalized spacial score (nSPS) is 15.1. The van der Waals surface area contributed by atoms with E-state index >= 15 is 0 Å². The van der Waals surface area contributed by atoms with Crippen molar-refractivity contribution in [2.45, 2.75) is 4.90 Å². The average Bonchev–Trinajstić information content (AvgIpc) is 3.26. The maximum absolute atomic E-state index is 12.7. The summed E-state index contributed by atoms with van der Waals surface area (Å²) in [5, 5.41) is 7.07. The zero-order valence-electron chi connectivity index (χ0n) is 15.7. The Morgan fingerprint density at radius 1 is 1.03 bits per heavy atom. The van der Waals surface area contributed by atoms with Crippen LogP contribution in [0.25, 0.3) is 11.3 Å². The lowest BCUT2D eigenvalue weighted by molar-refractivity contribution is 0.0730. The lowest BCUT2D eigenvalue weighted by atomic mass is 10.1. The first-order chi connectivity index (χ1) is 14.4. The second-order valence-corrected chi connectivity index (χ2v) is 8.95. The van der Waals surface area contributed by atoms with Crippen LogP contribution in [0.5, 0.6) is 0 Å². The summed E-state index contributed by atoms with van der Waals surface area (Å²) in [6.45, 7) is 1.40. The molecule has 10 heteroatoms. The summed E-state index contributed by atoms with van der Waals surface area (Å²) < 4.78 is 37.1. The van der Waals surface area contributed by atoms with Gasteiger partial charge in [0.1, 0.15) is 0 Å². The smallest absolute Gasteiger partial charge is 0.277 e. The Labute approximate surface area is 178 Å². The summed E-state index contributed by atoms with van der Waals surface area (Å²) in [4.78, 5) is 12.6. The minimum atomic E-state index is -3.59. The van der Waals surface area contributed by atoms with Crippen LogP contribution in [0, 0.1) is 0 Å². The highest BCUT2D eigenvalue weighted by Crippen LogP contribution is 2.23. The molecule has 1 amide bonds. The zero-order valence-corrected chi connectivity index (χ0v) is 17.3. The molecule has 1 fully saturated rings. The van der Waals surface area contributed by atoms with Crippen molar-refractivity contribution in [1.82, 2.24) is 9.46 Å². The fraction of sp³-hybridized carbons (Fsp3) is 0.200. The monoisotopic (exact) mass is 447 g/mol. The number of carbonyl (C=O) groups is 1. The van der Waals surface area contributed by atoms with Gasteiger partial charge >= 0.3 is 0 Å². The van der Waals surface area contributed by atoms with Crippen molar-refractivity contribution in [2.24, 2.45) is 0 Å².